The highest BCUT2D eigenvalue weighted by Crippen LogP contribution is 2.41. The summed E-state index contributed by atoms with van der Waals surface area (Å²) in [6.45, 7) is -0.386. The van der Waals surface area contributed by atoms with Crippen LogP contribution in [0.15, 0.2) is 54.6 Å². The summed E-state index contributed by atoms with van der Waals surface area (Å²) >= 11 is 0. The zero-order valence-electron chi connectivity index (χ0n) is 18.8. The van der Waals surface area contributed by atoms with Crippen molar-refractivity contribution < 1.29 is 27.1 Å². The van der Waals surface area contributed by atoms with E-state index in [1.807, 2.05) is 24.3 Å². The molecule has 0 amide bonds. The Kier molecular flexibility index (Phi) is 5.78. The molecule has 0 N–H and O–H groups in total. The fourth-order valence-electron chi connectivity index (χ4n) is 4.70. The first kappa shape index (κ1) is 23.0. The van der Waals surface area contributed by atoms with Crippen molar-refractivity contribution in [1.29, 1.82) is 0 Å². The summed E-state index contributed by atoms with van der Waals surface area (Å²) in [5.41, 5.74) is 1.43. The molecule has 0 bridgehead atoms. The standard InChI is InChI=1S/C26H21F4N3O2/c1-33-25-23(24(32-33)17-6-4-7-18(27)11-17)21(26(28,29)30)13-22(31-25)35-14-19(34)12-16-10-9-15-5-2-3-8-20(15)16/h2-8,11,13,16H,9-10,12,14H2,1H3/t16-/m1/s1. The van der Waals surface area contributed by atoms with Gasteiger partial charge in [0.1, 0.15) is 18.1 Å². The van der Waals surface area contributed by atoms with Crippen molar-refractivity contribution in [2.45, 2.75) is 31.4 Å². The quantitative estimate of drug-likeness (QED) is 0.322. The zero-order valence-corrected chi connectivity index (χ0v) is 18.8. The lowest BCUT2D eigenvalue weighted by atomic mass is 9.96. The third-order valence-electron chi connectivity index (χ3n) is 6.29. The van der Waals surface area contributed by atoms with E-state index < -0.39 is 17.6 Å². The van der Waals surface area contributed by atoms with E-state index >= 15 is 0 Å². The molecule has 2 aromatic heterocycles. The first-order chi connectivity index (χ1) is 16.7. The third-order valence-corrected chi connectivity index (χ3v) is 6.29. The van der Waals surface area contributed by atoms with Crippen molar-refractivity contribution in [3.8, 4) is 17.1 Å². The van der Waals surface area contributed by atoms with E-state index in [4.69, 9.17) is 4.74 Å². The molecule has 4 aromatic rings. The summed E-state index contributed by atoms with van der Waals surface area (Å²) in [6, 6.07) is 13.9. The number of hydrogen-bond acceptors (Lipinski definition) is 4. The van der Waals surface area contributed by atoms with Crippen LogP contribution in [0.5, 0.6) is 5.88 Å². The van der Waals surface area contributed by atoms with Crippen molar-refractivity contribution >= 4 is 16.8 Å². The SMILES string of the molecule is Cn1nc(-c2cccc(F)c2)c2c(C(F)(F)F)cc(OCC(=O)C[C@H]3CCc4ccccc43)nc21. The van der Waals surface area contributed by atoms with Gasteiger partial charge in [0.2, 0.25) is 5.88 Å². The summed E-state index contributed by atoms with van der Waals surface area (Å²) in [7, 11) is 1.45. The summed E-state index contributed by atoms with van der Waals surface area (Å²) in [4.78, 5) is 16.8. The Morgan fingerprint density at radius 1 is 1.14 bits per heavy atom. The Morgan fingerprint density at radius 3 is 2.71 bits per heavy atom. The average molecular weight is 483 g/mol. The van der Waals surface area contributed by atoms with Crippen LogP contribution in [0, 0.1) is 5.82 Å². The molecular weight excluding hydrogens is 462 g/mol. The van der Waals surface area contributed by atoms with E-state index in [0.29, 0.717) is 0 Å². The number of carbonyl (C=O) groups is 1. The monoisotopic (exact) mass is 483 g/mol. The van der Waals surface area contributed by atoms with E-state index in [1.165, 1.54) is 35.5 Å². The molecular formula is C26H21F4N3O2. The van der Waals surface area contributed by atoms with E-state index in [9.17, 15) is 22.4 Å². The van der Waals surface area contributed by atoms with Gasteiger partial charge in [-0.2, -0.15) is 23.3 Å². The molecule has 1 aliphatic carbocycles. The van der Waals surface area contributed by atoms with Crippen molar-refractivity contribution in [2.24, 2.45) is 7.05 Å². The van der Waals surface area contributed by atoms with E-state index in [1.54, 1.807) is 0 Å². The number of ketones is 1. The van der Waals surface area contributed by atoms with Gasteiger partial charge in [0.25, 0.3) is 0 Å². The normalized spacial score (nSPS) is 15.4. The van der Waals surface area contributed by atoms with Crippen molar-refractivity contribution in [1.82, 2.24) is 14.8 Å². The first-order valence-corrected chi connectivity index (χ1v) is 11.1. The number of rotatable bonds is 6. The molecule has 5 rings (SSSR count). The maximum absolute atomic E-state index is 14.0. The molecule has 2 heterocycles. The van der Waals surface area contributed by atoms with Gasteiger partial charge in [0, 0.05) is 25.1 Å². The second kappa shape index (κ2) is 8.79. The number of benzene rings is 2. The predicted octanol–water partition coefficient (Wildman–Crippen LogP) is 5.86. The summed E-state index contributed by atoms with van der Waals surface area (Å²) < 4.78 is 62.5. The van der Waals surface area contributed by atoms with Crippen LogP contribution in [0.2, 0.25) is 0 Å². The highest BCUT2D eigenvalue weighted by Gasteiger charge is 2.36. The van der Waals surface area contributed by atoms with Crippen LogP contribution in [0.3, 0.4) is 0 Å². The van der Waals surface area contributed by atoms with Gasteiger partial charge in [-0.15, -0.1) is 0 Å². The number of nitrogens with zero attached hydrogens (tertiary/aromatic N) is 3. The molecule has 0 spiro atoms. The van der Waals surface area contributed by atoms with Crippen molar-refractivity contribution in [3.63, 3.8) is 0 Å². The Bertz CT molecular complexity index is 1430. The Morgan fingerprint density at radius 2 is 1.94 bits per heavy atom. The minimum Gasteiger partial charge on any atom is -0.470 e. The fraction of sp³-hybridized carbons (Fsp3) is 0.269. The largest absolute Gasteiger partial charge is 0.470 e. The van der Waals surface area contributed by atoms with Crippen LogP contribution >= 0.6 is 0 Å². The van der Waals surface area contributed by atoms with Gasteiger partial charge in [-0.1, -0.05) is 36.4 Å². The summed E-state index contributed by atoms with van der Waals surface area (Å²) in [5.74, 6) is -1.05. The Balaban J connectivity index is 1.42. The van der Waals surface area contributed by atoms with Crippen LogP contribution in [-0.2, 0) is 24.4 Å². The smallest absolute Gasteiger partial charge is 0.417 e. The van der Waals surface area contributed by atoms with E-state index in [0.717, 1.165) is 30.5 Å². The van der Waals surface area contributed by atoms with Gasteiger partial charge in [-0.25, -0.2) is 9.07 Å². The van der Waals surface area contributed by atoms with Crippen LogP contribution in [0.25, 0.3) is 22.3 Å². The maximum Gasteiger partial charge on any atom is 0.417 e. The Labute approximate surface area is 198 Å². The number of ether oxygens (including phenoxy) is 1. The first-order valence-electron chi connectivity index (χ1n) is 11.1. The number of carbonyl (C=O) groups excluding carboxylic acids is 1. The fourth-order valence-corrected chi connectivity index (χ4v) is 4.70. The number of hydrogen-bond donors (Lipinski definition) is 0. The lowest BCUT2D eigenvalue weighted by Crippen LogP contribution is -2.15. The molecule has 0 saturated heterocycles. The maximum atomic E-state index is 14.0. The zero-order chi connectivity index (χ0) is 24.7. The molecule has 35 heavy (non-hydrogen) atoms. The molecule has 1 atom stereocenters. The molecule has 0 saturated carbocycles. The molecule has 0 aliphatic heterocycles. The van der Waals surface area contributed by atoms with Gasteiger partial charge in [0.05, 0.1) is 10.9 Å². The average Bonchev–Trinajstić information content (AvgIpc) is 3.38. The van der Waals surface area contributed by atoms with Crippen LogP contribution in [0.4, 0.5) is 17.6 Å². The predicted molar refractivity (Wildman–Crippen MR) is 122 cm³/mol. The highest BCUT2D eigenvalue weighted by molar-refractivity contribution is 5.94. The van der Waals surface area contributed by atoms with Gasteiger partial charge in [-0.3, -0.25) is 4.79 Å². The lowest BCUT2D eigenvalue weighted by molar-refractivity contribution is -0.136. The number of aryl methyl sites for hydroxylation is 2. The van der Waals surface area contributed by atoms with Crippen molar-refractivity contribution in [2.75, 3.05) is 6.61 Å². The number of aromatic nitrogens is 3. The van der Waals surface area contributed by atoms with Gasteiger partial charge in [-0.05, 0) is 42.0 Å². The molecule has 5 nitrogen and oxygen atoms in total. The van der Waals surface area contributed by atoms with E-state index in [-0.39, 0.29) is 52.9 Å². The topological polar surface area (TPSA) is 57.0 Å². The van der Waals surface area contributed by atoms with Gasteiger partial charge in [0.15, 0.2) is 11.4 Å². The summed E-state index contributed by atoms with van der Waals surface area (Å²) in [5, 5.41) is 3.91. The van der Waals surface area contributed by atoms with Crippen LogP contribution in [-0.4, -0.2) is 27.2 Å². The van der Waals surface area contributed by atoms with Crippen LogP contribution < -0.4 is 4.74 Å². The highest BCUT2D eigenvalue weighted by atomic mass is 19.4. The summed E-state index contributed by atoms with van der Waals surface area (Å²) in [6.07, 6.45) is -2.75. The molecule has 0 fully saturated rings. The molecule has 180 valence electrons. The number of alkyl halides is 3. The number of fused-ring (bicyclic) bond motifs is 2. The van der Waals surface area contributed by atoms with Gasteiger partial charge < -0.3 is 4.74 Å². The van der Waals surface area contributed by atoms with Gasteiger partial charge >= 0.3 is 6.18 Å². The lowest BCUT2D eigenvalue weighted by Gasteiger charge is -2.13. The molecule has 2 aromatic carbocycles. The second-order valence-corrected chi connectivity index (χ2v) is 8.65. The molecule has 1 aliphatic rings. The van der Waals surface area contributed by atoms with E-state index in [2.05, 4.69) is 10.1 Å². The Hall–Kier alpha value is -3.75. The van der Waals surface area contributed by atoms with Crippen LogP contribution in [0.1, 0.15) is 35.4 Å². The molecule has 9 heteroatoms. The minimum atomic E-state index is -4.75. The molecule has 0 radical (unpaired) electrons. The minimum absolute atomic E-state index is 0.0376. The second-order valence-electron chi connectivity index (χ2n) is 8.65. The number of halogens is 4. The third kappa shape index (κ3) is 4.50. The molecule has 0 unspecified atom stereocenters. The number of Topliss-reactive ketones (excluding diaryl/α,β-unsaturated/α-hetero) is 1. The number of pyridine rings is 1. The van der Waals surface area contributed by atoms with Crippen molar-refractivity contribution in [3.05, 3.63) is 77.1 Å².